The van der Waals surface area contributed by atoms with Crippen molar-refractivity contribution in [3.8, 4) is 28.0 Å². The van der Waals surface area contributed by atoms with Crippen molar-refractivity contribution in [3.05, 3.63) is 33.9 Å². The molecule has 0 amide bonds. The molecule has 3 aromatic rings. The van der Waals surface area contributed by atoms with Crippen LogP contribution in [0.1, 0.15) is 0 Å². The molecule has 0 atom stereocenters. The predicted molar refractivity (Wildman–Crippen MR) is 85.3 cm³/mol. The molecule has 0 spiro atoms. The van der Waals surface area contributed by atoms with Crippen LogP contribution in [0.2, 0.25) is 0 Å². The van der Waals surface area contributed by atoms with E-state index in [0.717, 1.165) is 4.88 Å². The zero-order chi connectivity index (χ0) is 15.7. The Morgan fingerprint density at radius 1 is 1.14 bits per heavy atom. The molecule has 0 aliphatic heterocycles. The molecule has 2 heterocycles. The number of rotatable bonds is 4. The van der Waals surface area contributed by atoms with Crippen LogP contribution in [0, 0.1) is 0 Å². The summed E-state index contributed by atoms with van der Waals surface area (Å²) in [6.45, 7) is 0. The second-order valence-corrected chi connectivity index (χ2v) is 5.38. The summed E-state index contributed by atoms with van der Waals surface area (Å²) in [5.41, 5.74) is 0.181. The van der Waals surface area contributed by atoms with Gasteiger partial charge in [0.25, 0.3) is 5.56 Å². The summed E-state index contributed by atoms with van der Waals surface area (Å²) in [4.78, 5) is 20.6. The van der Waals surface area contributed by atoms with E-state index in [2.05, 4.69) is 9.97 Å². The van der Waals surface area contributed by atoms with Crippen LogP contribution in [0.5, 0.6) is 17.2 Å². The van der Waals surface area contributed by atoms with Crippen molar-refractivity contribution in [1.82, 2.24) is 9.97 Å². The Labute approximate surface area is 130 Å². The highest BCUT2D eigenvalue weighted by molar-refractivity contribution is 7.13. The van der Waals surface area contributed by atoms with Gasteiger partial charge < -0.3 is 19.2 Å². The van der Waals surface area contributed by atoms with Gasteiger partial charge >= 0.3 is 0 Å². The van der Waals surface area contributed by atoms with Crippen LogP contribution in [-0.4, -0.2) is 31.3 Å². The largest absolute Gasteiger partial charge is 0.493 e. The molecule has 114 valence electrons. The van der Waals surface area contributed by atoms with Gasteiger partial charge in [-0.2, -0.15) is 0 Å². The van der Waals surface area contributed by atoms with Crippen molar-refractivity contribution in [3.63, 3.8) is 0 Å². The van der Waals surface area contributed by atoms with Gasteiger partial charge in [-0.25, -0.2) is 4.98 Å². The summed E-state index contributed by atoms with van der Waals surface area (Å²) in [6, 6.07) is 5.39. The molecule has 1 aromatic carbocycles. The van der Waals surface area contributed by atoms with E-state index in [-0.39, 0.29) is 5.56 Å². The first-order valence-electron chi connectivity index (χ1n) is 6.46. The third kappa shape index (κ3) is 2.19. The number of H-pyrrole nitrogens is 1. The number of ether oxygens (including phenoxy) is 3. The first kappa shape index (κ1) is 14.4. The molecule has 0 aliphatic carbocycles. The van der Waals surface area contributed by atoms with Crippen molar-refractivity contribution in [2.75, 3.05) is 21.3 Å². The van der Waals surface area contributed by atoms with Crippen molar-refractivity contribution in [2.45, 2.75) is 0 Å². The van der Waals surface area contributed by atoms with E-state index in [1.165, 1.54) is 32.7 Å². The first-order valence-corrected chi connectivity index (χ1v) is 7.34. The van der Waals surface area contributed by atoms with Gasteiger partial charge in [-0.3, -0.25) is 4.79 Å². The SMILES string of the molecule is COc1cc2c(=O)[nH]c(-c3cccs3)nc2c(OC)c1OC. The molecule has 1 N–H and O–H groups in total. The number of aromatic amines is 1. The van der Waals surface area contributed by atoms with Gasteiger partial charge in [0.15, 0.2) is 17.3 Å². The van der Waals surface area contributed by atoms with E-state index < -0.39 is 0 Å². The van der Waals surface area contributed by atoms with Crippen LogP contribution in [-0.2, 0) is 0 Å². The van der Waals surface area contributed by atoms with E-state index >= 15 is 0 Å². The molecule has 22 heavy (non-hydrogen) atoms. The highest BCUT2D eigenvalue weighted by Gasteiger charge is 2.20. The van der Waals surface area contributed by atoms with Gasteiger partial charge in [0.1, 0.15) is 5.52 Å². The lowest BCUT2D eigenvalue weighted by Gasteiger charge is -2.14. The normalized spacial score (nSPS) is 10.7. The van der Waals surface area contributed by atoms with Crippen LogP contribution < -0.4 is 19.8 Å². The summed E-state index contributed by atoms with van der Waals surface area (Å²) in [5.74, 6) is 1.70. The minimum Gasteiger partial charge on any atom is -0.493 e. The number of nitrogens with one attached hydrogen (secondary N) is 1. The molecule has 0 unspecified atom stereocenters. The molecule has 6 nitrogen and oxygen atoms in total. The Kier molecular flexibility index (Phi) is 3.72. The summed E-state index contributed by atoms with van der Waals surface area (Å²) in [5, 5.41) is 2.31. The van der Waals surface area contributed by atoms with Crippen molar-refractivity contribution in [1.29, 1.82) is 0 Å². The molecule has 3 rings (SSSR count). The van der Waals surface area contributed by atoms with Gasteiger partial charge in [0, 0.05) is 0 Å². The molecule has 7 heteroatoms. The fourth-order valence-electron chi connectivity index (χ4n) is 2.27. The van der Waals surface area contributed by atoms with E-state index in [1.807, 2.05) is 17.5 Å². The number of hydrogen-bond donors (Lipinski definition) is 1. The zero-order valence-corrected chi connectivity index (χ0v) is 13.1. The Balaban J connectivity index is 2.39. The van der Waals surface area contributed by atoms with E-state index in [9.17, 15) is 4.79 Å². The number of methoxy groups -OCH3 is 3. The summed E-state index contributed by atoms with van der Waals surface area (Å²) in [7, 11) is 4.52. The molecular weight excluding hydrogens is 304 g/mol. The Morgan fingerprint density at radius 3 is 2.50 bits per heavy atom. The lowest BCUT2D eigenvalue weighted by atomic mass is 10.2. The highest BCUT2D eigenvalue weighted by Crippen LogP contribution is 2.41. The molecule has 0 saturated carbocycles. The lowest BCUT2D eigenvalue weighted by molar-refractivity contribution is 0.327. The Hall–Kier alpha value is -2.54. The summed E-state index contributed by atoms with van der Waals surface area (Å²) < 4.78 is 16.0. The van der Waals surface area contributed by atoms with Crippen molar-refractivity contribution in [2.24, 2.45) is 0 Å². The number of aromatic nitrogens is 2. The number of nitrogens with zero attached hydrogens (tertiary/aromatic N) is 1. The number of thiophene rings is 1. The van der Waals surface area contributed by atoms with E-state index in [1.54, 1.807) is 6.07 Å². The Bertz CT molecular complexity index is 871. The second kappa shape index (κ2) is 5.69. The van der Waals surface area contributed by atoms with Crippen LogP contribution in [0.25, 0.3) is 21.6 Å². The molecule has 0 saturated heterocycles. The lowest BCUT2D eigenvalue weighted by Crippen LogP contribution is -2.11. The fraction of sp³-hybridized carbons (Fsp3) is 0.200. The zero-order valence-electron chi connectivity index (χ0n) is 12.3. The van der Waals surface area contributed by atoms with Crippen LogP contribution in [0.3, 0.4) is 0 Å². The topological polar surface area (TPSA) is 73.4 Å². The van der Waals surface area contributed by atoms with Gasteiger partial charge in [-0.05, 0) is 17.5 Å². The molecule has 2 aromatic heterocycles. The summed E-state index contributed by atoms with van der Waals surface area (Å²) >= 11 is 1.49. The fourth-order valence-corrected chi connectivity index (χ4v) is 2.94. The second-order valence-electron chi connectivity index (χ2n) is 4.43. The molecule has 0 aliphatic rings. The molecular formula is C15H14N2O4S. The summed E-state index contributed by atoms with van der Waals surface area (Å²) in [6.07, 6.45) is 0. The number of hydrogen-bond acceptors (Lipinski definition) is 6. The van der Waals surface area contributed by atoms with Crippen molar-refractivity contribution < 1.29 is 14.2 Å². The molecule has 0 bridgehead atoms. The smallest absolute Gasteiger partial charge is 0.259 e. The van der Waals surface area contributed by atoms with Crippen LogP contribution in [0.4, 0.5) is 0 Å². The van der Waals surface area contributed by atoms with Crippen molar-refractivity contribution >= 4 is 22.2 Å². The maximum Gasteiger partial charge on any atom is 0.259 e. The number of fused-ring (bicyclic) bond motifs is 1. The van der Waals surface area contributed by atoms with Crippen LogP contribution >= 0.6 is 11.3 Å². The highest BCUT2D eigenvalue weighted by atomic mass is 32.1. The maximum absolute atomic E-state index is 12.4. The minimum absolute atomic E-state index is 0.257. The Morgan fingerprint density at radius 2 is 1.91 bits per heavy atom. The monoisotopic (exact) mass is 318 g/mol. The average molecular weight is 318 g/mol. The quantitative estimate of drug-likeness (QED) is 0.800. The van der Waals surface area contributed by atoms with Crippen LogP contribution in [0.15, 0.2) is 28.4 Å². The van der Waals surface area contributed by atoms with Gasteiger partial charge in [-0.1, -0.05) is 6.07 Å². The van der Waals surface area contributed by atoms with Gasteiger partial charge in [-0.15, -0.1) is 11.3 Å². The predicted octanol–water partition coefficient (Wildman–Crippen LogP) is 2.68. The third-order valence-electron chi connectivity index (χ3n) is 3.26. The van der Waals surface area contributed by atoms with E-state index in [0.29, 0.717) is 34.0 Å². The molecule has 0 fully saturated rings. The third-order valence-corrected chi connectivity index (χ3v) is 4.14. The van der Waals surface area contributed by atoms with Gasteiger partial charge in [0.05, 0.1) is 31.6 Å². The van der Waals surface area contributed by atoms with Gasteiger partial charge in [0.2, 0.25) is 5.75 Å². The average Bonchev–Trinajstić information content (AvgIpc) is 3.07. The number of benzene rings is 1. The first-order chi connectivity index (χ1) is 10.7. The van der Waals surface area contributed by atoms with E-state index in [4.69, 9.17) is 14.2 Å². The minimum atomic E-state index is -0.257. The standard InChI is InChI=1S/C15H14N2O4S/c1-19-9-7-8-11(13(21-3)12(9)20-2)16-14(17-15(8)18)10-5-4-6-22-10/h4-7H,1-3H3,(H,16,17,18). The molecule has 0 radical (unpaired) electrons. The maximum atomic E-state index is 12.4.